The summed E-state index contributed by atoms with van der Waals surface area (Å²) < 4.78 is 0. The van der Waals surface area contributed by atoms with Crippen LogP contribution in [0.25, 0.3) is 0 Å². The molecule has 1 aromatic rings. The van der Waals surface area contributed by atoms with Crippen LogP contribution in [0.4, 0.5) is 11.4 Å². The Labute approximate surface area is 103 Å². The van der Waals surface area contributed by atoms with E-state index in [4.69, 9.17) is 10.9 Å². The topological polar surface area (TPSA) is 101 Å². The molecule has 0 bridgehead atoms. The first kappa shape index (κ1) is 13.8. The van der Waals surface area contributed by atoms with Crippen LogP contribution in [0.5, 0.6) is 0 Å². The molecule has 1 rings (SSSR count). The number of hydrogen-bond donors (Lipinski definition) is 3. The van der Waals surface area contributed by atoms with Crippen LogP contribution < -0.4 is 11.3 Å². The number of aliphatic hydroxyl groups excluding tert-OH is 1. The Bertz CT molecular complexity index is 400. The first-order valence-corrected chi connectivity index (χ1v) is 6.10. The Hall–Kier alpha value is -1.31. The summed E-state index contributed by atoms with van der Waals surface area (Å²) in [5.74, 6) is 5.87. The van der Waals surface area contributed by atoms with Crippen molar-refractivity contribution in [1.29, 1.82) is 0 Å². The van der Waals surface area contributed by atoms with Crippen LogP contribution in [0.3, 0.4) is 0 Å². The molecule has 0 aliphatic heterocycles. The van der Waals surface area contributed by atoms with Crippen LogP contribution >= 0.6 is 11.8 Å². The summed E-state index contributed by atoms with van der Waals surface area (Å²) in [6, 6.07) is 4.80. The van der Waals surface area contributed by atoms with E-state index in [9.17, 15) is 10.1 Å². The fourth-order valence-electron chi connectivity index (χ4n) is 1.31. The van der Waals surface area contributed by atoms with Gasteiger partial charge in [-0.1, -0.05) is 19.1 Å². The summed E-state index contributed by atoms with van der Waals surface area (Å²) in [6.45, 7) is 1.96. The van der Waals surface area contributed by atoms with E-state index in [1.165, 1.54) is 17.8 Å². The number of rotatable bonds is 6. The number of nitro groups is 1. The van der Waals surface area contributed by atoms with Gasteiger partial charge >= 0.3 is 0 Å². The minimum atomic E-state index is -0.473. The molecule has 0 heterocycles. The van der Waals surface area contributed by atoms with Gasteiger partial charge in [0.15, 0.2) is 0 Å². The Kier molecular flexibility index (Phi) is 5.20. The number of hydrazine groups is 1. The molecular formula is C10H15N3O3S. The Balaban J connectivity index is 2.91. The maximum Gasteiger partial charge on any atom is 0.293 e. The predicted molar refractivity (Wildman–Crippen MR) is 68.7 cm³/mol. The summed E-state index contributed by atoms with van der Waals surface area (Å²) >= 11 is 1.51. The second kappa shape index (κ2) is 6.43. The minimum Gasteiger partial charge on any atom is -0.395 e. The molecule has 4 N–H and O–H groups in total. The molecule has 0 amide bonds. The third-order valence-electron chi connectivity index (χ3n) is 2.25. The number of nitrogens with zero attached hydrogens (tertiary/aromatic N) is 1. The second-order valence-electron chi connectivity index (χ2n) is 3.52. The van der Waals surface area contributed by atoms with Crippen LogP contribution in [0.15, 0.2) is 18.2 Å². The molecular weight excluding hydrogens is 242 g/mol. The number of nitrogens with two attached hydrogens (primary N) is 1. The molecule has 0 aromatic heterocycles. The van der Waals surface area contributed by atoms with E-state index in [2.05, 4.69) is 5.43 Å². The van der Waals surface area contributed by atoms with Gasteiger partial charge in [0.2, 0.25) is 0 Å². The maximum absolute atomic E-state index is 10.8. The third-order valence-corrected chi connectivity index (χ3v) is 3.45. The van der Waals surface area contributed by atoms with Gasteiger partial charge in [0.1, 0.15) is 5.69 Å². The van der Waals surface area contributed by atoms with Crippen molar-refractivity contribution in [2.24, 2.45) is 5.84 Å². The quantitative estimate of drug-likeness (QED) is 0.405. The molecule has 0 aliphatic carbocycles. The van der Waals surface area contributed by atoms with E-state index in [0.717, 1.165) is 5.56 Å². The summed E-state index contributed by atoms with van der Waals surface area (Å²) in [4.78, 5) is 10.3. The van der Waals surface area contributed by atoms with Crippen molar-refractivity contribution >= 4 is 23.1 Å². The zero-order valence-electron chi connectivity index (χ0n) is 9.42. The van der Waals surface area contributed by atoms with Gasteiger partial charge < -0.3 is 10.5 Å². The van der Waals surface area contributed by atoms with Crippen molar-refractivity contribution in [3.63, 3.8) is 0 Å². The first-order chi connectivity index (χ1) is 8.10. The summed E-state index contributed by atoms with van der Waals surface area (Å²) in [6.07, 6.45) is 0. The highest BCUT2D eigenvalue weighted by atomic mass is 32.2. The number of nitrogens with one attached hydrogen (secondary N) is 1. The van der Waals surface area contributed by atoms with Gasteiger partial charge in [0.25, 0.3) is 5.69 Å². The smallest absolute Gasteiger partial charge is 0.293 e. The van der Waals surface area contributed by atoms with E-state index in [-0.39, 0.29) is 17.5 Å². The van der Waals surface area contributed by atoms with Gasteiger partial charge in [-0.05, 0) is 5.56 Å². The van der Waals surface area contributed by atoms with Crippen molar-refractivity contribution in [3.8, 4) is 0 Å². The normalized spacial score (nSPS) is 12.2. The molecule has 0 radical (unpaired) electrons. The number of hydrogen-bond acceptors (Lipinski definition) is 6. The zero-order chi connectivity index (χ0) is 12.8. The zero-order valence-corrected chi connectivity index (χ0v) is 10.2. The fraction of sp³-hybridized carbons (Fsp3) is 0.400. The maximum atomic E-state index is 10.8. The van der Waals surface area contributed by atoms with Crippen molar-refractivity contribution < 1.29 is 10.0 Å². The monoisotopic (exact) mass is 257 g/mol. The molecule has 1 unspecified atom stereocenters. The Morgan fingerprint density at radius 2 is 2.35 bits per heavy atom. The standard InChI is InChI=1S/C10H15N3O3S/c1-7(5-14)17-6-8-3-2-4-9(13(15)16)10(8)12-11/h2-4,7,12,14H,5-6,11H2,1H3. The Morgan fingerprint density at radius 1 is 1.65 bits per heavy atom. The van der Waals surface area contributed by atoms with Crippen molar-refractivity contribution in [2.45, 2.75) is 17.9 Å². The highest BCUT2D eigenvalue weighted by Gasteiger charge is 2.16. The average Bonchev–Trinajstić information content (AvgIpc) is 2.34. The van der Waals surface area contributed by atoms with Crippen LogP contribution in [-0.2, 0) is 5.75 Å². The second-order valence-corrected chi connectivity index (χ2v) is 4.94. The number of thioether (sulfide) groups is 1. The average molecular weight is 257 g/mol. The van der Waals surface area contributed by atoms with Crippen molar-refractivity contribution in [3.05, 3.63) is 33.9 Å². The molecule has 0 saturated heterocycles. The molecule has 7 heteroatoms. The van der Waals surface area contributed by atoms with Gasteiger partial charge in [-0.2, -0.15) is 11.8 Å². The summed E-state index contributed by atoms with van der Waals surface area (Å²) in [5.41, 5.74) is 3.42. The SMILES string of the molecule is CC(CO)SCc1cccc([N+](=O)[O-])c1NN. The number of para-hydroxylation sites is 1. The molecule has 0 fully saturated rings. The molecule has 1 aromatic carbocycles. The molecule has 17 heavy (non-hydrogen) atoms. The molecule has 1 atom stereocenters. The van der Waals surface area contributed by atoms with E-state index < -0.39 is 4.92 Å². The Morgan fingerprint density at radius 3 is 2.88 bits per heavy atom. The lowest BCUT2D eigenvalue weighted by Crippen LogP contribution is -2.12. The molecule has 94 valence electrons. The van der Waals surface area contributed by atoms with Gasteiger partial charge in [0, 0.05) is 17.1 Å². The summed E-state index contributed by atoms with van der Waals surface area (Å²) in [5, 5.41) is 19.8. The lowest BCUT2D eigenvalue weighted by Gasteiger charge is -2.11. The molecule has 0 aliphatic rings. The minimum absolute atomic E-state index is 0.0396. The molecule has 0 spiro atoms. The number of benzene rings is 1. The van der Waals surface area contributed by atoms with Crippen molar-refractivity contribution in [2.75, 3.05) is 12.0 Å². The number of nitrogen functional groups attached to an aromatic ring is 1. The van der Waals surface area contributed by atoms with Gasteiger partial charge in [-0.15, -0.1) is 0 Å². The third kappa shape index (κ3) is 3.58. The largest absolute Gasteiger partial charge is 0.395 e. The predicted octanol–water partition coefficient (Wildman–Crippen LogP) is 1.49. The van der Waals surface area contributed by atoms with Gasteiger partial charge in [-0.25, -0.2) is 0 Å². The molecule has 6 nitrogen and oxygen atoms in total. The lowest BCUT2D eigenvalue weighted by molar-refractivity contribution is -0.384. The molecule has 0 saturated carbocycles. The highest BCUT2D eigenvalue weighted by molar-refractivity contribution is 7.99. The van der Waals surface area contributed by atoms with E-state index >= 15 is 0 Å². The number of nitro benzene ring substituents is 1. The van der Waals surface area contributed by atoms with E-state index in [1.807, 2.05) is 6.92 Å². The van der Waals surface area contributed by atoms with E-state index in [1.54, 1.807) is 12.1 Å². The fourth-order valence-corrected chi connectivity index (χ4v) is 2.12. The number of anilines is 1. The number of aliphatic hydroxyl groups is 1. The van der Waals surface area contributed by atoms with Crippen LogP contribution in [0.1, 0.15) is 12.5 Å². The highest BCUT2D eigenvalue weighted by Crippen LogP contribution is 2.30. The van der Waals surface area contributed by atoms with Crippen LogP contribution in [0.2, 0.25) is 0 Å². The van der Waals surface area contributed by atoms with Crippen LogP contribution in [-0.4, -0.2) is 21.9 Å². The van der Waals surface area contributed by atoms with Gasteiger partial charge in [0.05, 0.1) is 11.5 Å². The summed E-state index contributed by atoms with van der Waals surface area (Å²) in [7, 11) is 0. The first-order valence-electron chi connectivity index (χ1n) is 5.05. The van der Waals surface area contributed by atoms with Crippen LogP contribution in [0, 0.1) is 10.1 Å². The lowest BCUT2D eigenvalue weighted by atomic mass is 10.2. The van der Waals surface area contributed by atoms with E-state index in [0.29, 0.717) is 11.4 Å². The van der Waals surface area contributed by atoms with Crippen molar-refractivity contribution in [1.82, 2.24) is 0 Å². The van der Waals surface area contributed by atoms with Gasteiger partial charge in [-0.3, -0.25) is 16.0 Å².